The van der Waals surface area contributed by atoms with Crippen molar-refractivity contribution in [3.05, 3.63) is 41.8 Å². The maximum atomic E-state index is 12.9. The Kier molecular flexibility index (Phi) is 6.87. The second-order valence-corrected chi connectivity index (χ2v) is 8.39. The first-order chi connectivity index (χ1) is 16.5. The third-order valence-electron chi connectivity index (χ3n) is 5.59. The average molecular weight is 484 g/mol. The van der Waals surface area contributed by atoms with Crippen LogP contribution in [0, 0.1) is 5.92 Å². The average Bonchev–Trinajstić information content (AvgIpc) is 3.49. The molecule has 1 aromatic heterocycles. The Bertz CT molecular complexity index is 1210. The summed E-state index contributed by atoms with van der Waals surface area (Å²) in [5, 5.41) is 5.12. The van der Waals surface area contributed by atoms with Gasteiger partial charge in [0.2, 0.25) is 11.8 Å². The summed E-state index contributed by atoms with van der Waals surface area (Å²) < 4.78 is 21.4. The second-order valence-electron chi connectivity index (χ2n) is 7.54. The fourth-order valence-electron chi connectivity index (χ4n) is 3.80. The highest BCUT2D eigenvalue weighted by Gasteiger charge is 2.36. The normalized spacial score (nSPS) is 15.2. The fourth-order valence-corrected chi connectivity index (χ4v) is 4.51. The van der Waals surface area contributed by atoms with Crippen molar-refractivity contribution in [1.82, 2.24) is 4.98 Å². The Morgan fingerprint density at radius 1 is 1.00 bits per heavy atom. The molecule has 3 aromatic rings. The number of amides is 2. The van der Waals surface area contributed by atoms with Crippen LogP contribution in [0.2, 0.25) is 0 Å². The van der Waals surface area contributed by atoms with Gasteiger partial charge in [-0.15, -0.1) is 11.3 Å². The molecule has 0 saturated carbocycles. The van der Waals surface area contributed by atoms with Gasteiger partial charge in [0.25, 0.3) is 0 Å². The molecule has 1 N–H and O–H groups in total. The molecule has 2 amide bonds. The highest BCUT2D eigenvalue weighted by Crippen LogP contribution is 2.37. The molecule has 10 heteroatoms. The largest absolute Gasteiger partial charge is 0.497 e. The first-order valence-electron chi connectivity index (χ1n) is 10.5. The van der Waals surface area contributed by atoms with E-state index in [1.807, 2.05) is 11.4 Å². The van der Waals surface area contributed by atoms with Crippen molar-refractivity contribution in [2.45, 2.75) is 6.42 Å². The molecule has 1 unspecified atom stereocenters. The van der Waals surface area contributed by atoms with Crippen LogP contribution < -0.4 is 29.2 Å². The Balaban J connectivity index is 1.48. The third kappa shape index (κ3) is 4.62. The predicted molar refractivity (Wildman–Crippen MR) is 129 cm³/mol. The summed E-state index contributed by atoms with van der Waals surface area (Å²) in [6.45, 7) is 0.245. The van der Waals surface area contributed by atoms with E-state index in [2.05, 4.69) is 10.3 Å². The van der Waals surface area contributed by atoms with Crippen LogP contribution in [0.25, 0.3) is 11.3 Å². The number of aromatic nitrogens is 1. The van der Waals surface area contributed by atoms with Gasteiger partial charge in [-0.25, -0.2) is 4.98 Å². The Labute approximate surface area is 201 Å². The molecule has 1 aliphatic heterocycles. The molecule has 0 bridgehead atoms. The molecule has 1 saturated heterocycles. The number of rotatable bonds is 8. The number of benzene rings is 2. The molecule has 0 aliphatic carbocycles. The van der Waals surface area contributed by atoms with Gasteiger partial charge in [-0.1, -0.05) is 0 Å². The van der Waals surface area contributed by atoms with Gasteiger partial charge in [0.1, 0.15) is 23.0 Å². The number of anilines is 2. The lowest BCUT2D eigenvalue weighted by Gasteiger charge is -2.20. The van der Waals surface area contributed by atoms with Crippen LogP contribution in [0.15, 0.2) is 41.8 Å². The van der Waals surface area contributed by atoms with Gasteiger partial charge in [-0.05, 0) is 30.3 Å². The molecule has 9 nitrogen and oxygen atoms in total. The van der Waals surface area contributed by atoms with Crippen molar-refractivity contribution >= 4 is 34.0 Å². The number of carbonyl (C=O) groups is 2. The molecule has 2 heterocycles. The van der Waals surface area contributed by atoms with Gasteiger partial charge in [0.05, 0.1) is 45.7 Å². The van der Waals surface area contributed by atoms with E-state index < -0.39 is 5.92 Å². The number of hydrogen-bond acceptors (Lipinski definition) is 8. The molecule has 178 valence electrons. The number of hydrogen-bond donors (Lipinski definition) is 1. The van der Waals surface area contributed by atoms with Gasteiger partial charge in [-0.2, -0.15) is 0 Å². The van der Waals surface area contributed by atoms with Crippen LogP contribution >= 0.6 is 11.3 Å². The summed E-state index contributed by atoms with van der Waals surface area (Å²) in [7, 11) is 6.26. The molecular formula is C24H25N3O6S. The van der Waals surface area contributed by atoms with Gasteiger partial charge >= 0.3 is 0 Å². The lowest BCUT2D eigenvalue weighted by atomic mass is 10.1. The van der Waals surface area contributed by atoms with E-state index in [0.29, 0.717) is 39.5 Å². The van der Waals surface area contributed by atoms with Crippen LogP contribution in [0.1, 0.15) is 6.42 Å². The summed E-state index contributed by atoms with van der Waals surface area (Å²) in [5.41, 5.74) is 2.01. The first kappa shape index (κ1) is 23.4. The molecule has 1 aliphatic rings. The predicted octanol–water partition coefficient (Wildman–Crippen LogP) is 3.84. The molecule has 0 spiro atoms. The van der Waals surface area contributed by atoms with Crippen molar-refractivity contribution in [2.24, 2.45) is 5.92 Å². The van der Waals surface area contributed by atoms with Crippen molar-refractivity contribution < 1.29 is 28.5 Å². The highest BCUT2D eigenvalue weighted by atomic mass is 32.1. The Morgan fingerprint density at radius 3 is 2.41 bits per heavy atom. The Hall–Kier alpha value is -3.79. The maximum absolute atomic E-state index is 12.9. The van der Waals surface area contributed by atoms with Crippen LogP contribution in [0.4, 0.5) is 10.8 Å². The summed E-state index contributed by atoms with van der Waals surface area (Å²) >= 11 is 1.30. The van der Waals surface area contributed by atoms with E-state index in [9.17, 15) is 9.59 Å². The van der Waals surface area contributed by atoms with Gasteiger partial charge in [0.15, 0.2) is 5.13 Å². The van der Waals surface area contributed by atoms with Crippen LogP contribution in [-0.2, 0) is 9.59 Å². The van der Waals surface area contributed by atoms with Crippen molar-refractivity contribution in [2.75, 3.05) is 45.2 Å². The topological polar surface area (TPSA) is 99.2 Å². The molecular weight excluding hydrogens is 458 g/mol. The number of nitrogens with one attached hydrogen (secondary N) is 1. The molecule has 1 atom stereocenters. The minimum Gasteiger partial charge on any atom is -0.497 e. The lowest BCUT2D eigenvalue weighted by molar-refractivity contribution is -0.122. The molecule has 0 radical (unpaired) electrons. The SMILES string of the molecule is COc1ccc(N2CC(C(=O)Nc3nc(-c4cc(OC)ccc4OC)cs3)CC2=O)c(OC)c1. The molecule has 1 fully saturated rings. The second kappa shape index (κ2) is 10.0. The van der Waals surface area contributed by atoms with Crippen molar-refractivity contribution in [1.29, 1.82) is 0 Å². The summed E-state index contributed by atoms with van der Waals surface area (Å²) in [4.78, 5) is 31.8. The van der Waals surface area contributed by atoms with Crippen molar-refractivity contribution in [3.8, 4) is 34.3 Å². The van der Waals surface area contributed by atoms with Crippen molar-refractivity contribution in [3.63, 3.8) is 0 Å². The van der Waals surface area contributed by atoms with Crippen LogP contribution in [0.5, 0.6) is 23.0 Å². The first-order valence-corrected chi connectivity index (χ1v) is 11.4. The zero-order chi connectivity index (χ0) is 24.2. The zero-order valence-electron chi connectivity index (χ0n) is 19.3. The molecule has 4 rings (SSSR count). The van der Waals surface area contributed by atoms with Crippen LogP contribution in [-0.4, -0.2) is 51.8 Å². The number of nitrogens with zero attached hydrogens (tertiary/aromatic N) is 2. The molecule has 2 aromatic carbocycles. The Morgan fingerprint density at radius 2 is 1.71 bits per heavy atom. The number of methoxy groups -OCH3 is 4. The minimum atomic E-state index is -0.516. The van der Waals surface area contributed by atoms with E-state index in [0.717, 1.165) is 5.56 Å². The zero-order valence-corrected chi connectivity index (χ0v) is 20.1. The highest BCUT2D eigenvalue weighted by molar-refractivity contribution is 7.14. The van der Waals surface area contributed by atoms with E-state index in [1.54, 1.807) is 56.6 Å². The monoisotopic (exact) mass is 483 g/mol. The van der Waals surface area contributed by atoms with Gasteiger partial charge < -0.3 is 29.2 Å². The fraction of sp³-hybridized carbons (Fsp3) is 0.292. The summed E-state index contributed by atoms with van der Waals surface area (Å²) in [6.07, 6.45) is 0.100. The molecule has 34 heavy (non-hydrogen) atoms. The van der Waals surface area contributed by atoms with E-state index in [-0.39, 0.29) is 24.8 Å². The maximum Gasteiger partial charge on any atom is 0.231 e. The quantitative estimate of drug-likeness (QED) is 0.520. The van der Waals surface area contributed by atoms with Crippen LogP contribution in [0.3, 0.4) is 0 Å². The summed E-state index contributed by atoms with van der Waals surface area (Å²) in [6, 6.07) is 10.7. The van der Waals surface area contributed by atoms with E-state index >= 15 is 0 Å². The lowest BCUT2D eigenvalue weighted by Crippen LogP contribution is -2.28. The van der Waals surface area contributed by atoms with E-state index in [1.165, 1.54) is 18.4 Å². The smallest absolute Gasteiger partial charge is 0.231 e. The summed E-state index contributed by atoms with van der Waals surface area (Å²) in [5.74, 6) is 1.52. The third-order valence-corrected chi connectivity index (χ3v) is 6.35. The minimum absolute atomic E-state index is 0.100. The van der Waals surface area contributed by atoms with E-state index in [4.69, 9.17) is 18.9 Å². The number of ether oxygens (including phenoxy) is 4. The van der Waals surface area contributed by atoms with Gasteiger partial charge in [0, 0.05) is 30.0 Å². The number of thiazole rings is 1. The standard InChI is InChI=1S/C24H25N3O6S/c1-30-15-6-8-20(32-3)17(10-15)18-13-34-24(25-18)26-23(29)14-9-22(28)27(12-14)19-7-5-16(31-2)11-21(19)33-4/h5-8,10-11,13-14H,9,12H2,1-4H3,(H,25,26,29). The van der Waals surface area contributed by atoms with Gasteiger partial charge in [-0.3, -0.25) is 9.59 Å². The number of carbonyl (C=O) groups excluding carboxylic acids is 2.